The summed E-state index contributed by atoms with van der Waals surface area (Å²) in [6.45, 7) is 10.9. The highest BCUT2D eigenvalue weighted by Crippen LogP contribution is 2.45. The molecule has 0 aliphatic carbocycles. The molecule has 0 spiro atoms. The van der Waals surface area contributed by atoms with Crippen LogP contribution in [0, 0.1) is 34.6 Å². The van der Waals surface area contributed by atoms with Gasteiger partial charge in [0.25, 0.3) is 0 Å². The van der Waals surface area contributed by atoms with E-state index in [0.717, 1.165) is 16.5 Å². The van der Waals surface area contributed by atoms with Crippen LogP contribution in [0.3, 0.4) is 0 Å². The highest BCUT2D eigenvalue weighted by atomic mass is 32.1. The van der Waals surface area contributed by atoms with Crippen molar-refractivity contribution in [2.24, 2.45) is 0 Å². The van der Waals surface area contributed by atoms with Crippen LogP contribution in [0.4, 0.5) is 5.69 Å². The summed E-state index contributed by atoms with van der Waals surface area (Å²) in [5, 5.41) is 4.35. The van der Waals surface area contributed by atoms with Crippen LogP contribution < -0.4 is 10.2 Å². The molecule has 5 heteroatoms. The third kappa shape index (κ3) is 3.70. The van der Waals surface area contributed by atoms with Gasteiger partial charge in [-0.25, -0.2) is 0 Å². The first-order valence-electron chi connectivity index (χ1n) is 11.7. The van der Waals surface area contributed by atoms with Crippen LogP contribution in [-0.2, 0) is 0 Å². The van der Waals surface area contributed by atoms with Gasteiger partial charge >= 0.3 is 0 Å². The molecule has 4 aromatic rings. The van der Waals surface area contributed by atoms with Crippen LogP contribution in [0.5, 0.6) is 0 Å². The van der Waals surface area contributed by atoms with E-state index in [1.165, 1.54) is 39.3 Å². The average molecular weight is 467 g/mol. The lowest BCUT2D eigenvalue weighted by atomic mass is 9.93. The van der Waals surface area contributed by atoms with Crippen molar-refractivity contribution in [2.75, 3.05) is 4.90 Å². The van der Waals surface area contributed by atoms with Crippen LogP contribution in [0.15, 0.2) is 72.9 Å². The van der Waals surface area contributed by atoms with Crippen molar-refractivity contribution >= 4 is 23.0 Å². The van der Waals surface area contributed by atoms with Gasteiger partial charge in [-0.2, -0.15) is 0 Å². The van der Waals surface area contributed by atoms with Crippen molar-refractivity contribution in [2.45, 2.75) is 46.7 Å². The maximum atomic E-state index is 5.96. The highest BCUT2D eigenvalue weighted by molar-refractivity contribution is 7.80. The first kappa shape index (κ1) is 22.4. The van der Waals surface area contributed by atoms with E-state index in [2.05, 4.69) is 104 Å². The number of para-hydroxylation sites is 1. The summed E-state index contributed by atoms with van der Waals surface area (Å²) in [7, 11) is 0. The van der Waals surface area contributed by atoms with Crippen molar-refractivity contribution in [3.63, 3.8) is 0 Å². The highest BCUT2D eigenvalue weighted by Gasteiger charge is 2.43. The first-order chi connectivity index (χ1) is 16.4. The molecule has 0 saturated carbocycles. The average Bonchev–Trinajstić information content (AvgIpc) is 3.26. The number of thiocarbonyl (C=S) groups is 1. The van der Waals surface area contributed by atoms with E-state index in [4.69, 9.17) is 17.2 Å². The number of rotatable bonds is 4. The van der Waals surface area contributed by atoms with E-state index < -0.39 is 0 Å². The number of hydrogen-bond acceptors (Lipinski definition) is 2. The van der Waals surface area contributed by atoms with Crippen LogP contribution in [-0.4, -0.2) is 14.7 Å². The number of hydrogen-bond donors (Lipinski definition) is 1. The Kier molecular flexibility index (Phi) is 5.74. The van der Waals surface area contributed by atoms with E-state index in [0.29, 0.717) is 0 Å². The van der Waals surface area contributed by atoms with E-state index in [-0.39, 0.29) is 12.1 Å². The molecule has 1 saturated heterocycles. The number of pyridine rings is 1. The second-order valence-corrected chi connectivity index (χ2v) is 9.61. The van der Waals surface area contributed by atoms with Crippen molar-refractivity contribution in [1.29, 1.82) is 0 Å². The summed E-state index contributed by atoms with van der Waals surface area (Å²) in [6, 6.07) is 23.2. The number of benzene rings is 2. The summed E-state index contributed by atoms with van der Waals surface area (Å²) in [6.07, 6.45) is 1.86. The van der Waals surface area contributed by atoms with Gasteiger partial charge in [0.2, 0.25) is 0 Å². The predicted molar refractivity (Wildman–Crippen MR) is 144 cm³/mol. The predicted octanol–water partition coefficient (Wildman–Crippen LogP) is 6.59. The van der Waals surface area contributed by atoms with Crippen molar-refractivity contribution in [1.82, 2.24) is 14.9 Å². The Morgan fingerprint density at radius 2 is 1.47 bits per heavy atom. The minimum absolute atomic E-state index is 0.0211. The maximum Gasteiger partial charge on any atom is 0.174 e. The summed E-state index contributed by atoms with van der Waals surface area (Å²) < 4.78 is 2.36. The van der Waals surface area contributed by atoms with E-state index in [1.54, 1.807) is 0 Å². The number of nitrogens with zero attached hydrogens (tertiary/aromatic N) is 3. The molecule has 1 aliphatic heterocycles. The number of anilines is 1. The standard InChI is InChI=1S/C29H30N4S/c1-18-15-19(2)17-24(16-18)33-28(27(31-29(33)34)25-13-9-10-14-30-25)26-20(3)21(4)32(22(26)5)23-11-7-6-8-12-23/h6-17,27-28H,1-5H3,(H,31,34)/t27-,28-/m0/s1. The van der Waals surface area contributed by atoms with Gasteiger partial charge in [0.05, 0.1) is 17.8 Å². The zero-order chi connectivity index (χ0) is 24.0. The minimum atomic E-state index is -0.0575. The van der Waals surface area contributed by atoms with Crippen LogP contribution >= 0.6 is 12.2 Å². The fourth-order valence-electron chi connectivity index (χ4n) is 5.42. The third-order valence-corrected chi connectivity index (χ3v) is 7.21. The molecule has 1 fully saturated rings. The molecule has 0 radical (unpaired) electrons. The van der Waals surface area contributed by atoms with Gasteiger partial charge in [-0.05, 0) is 99.9 Å². The third-order valence-electron chi connectivity index (χ3n) is 6.90. The minimum Gasteiger partial charge on any atom is -0.351 e. The SMILES string of the molecule is Cc1cc(C)cc(N2C(=S)N[C@@H](c3ccccn3)[C@@H]2c2c(C)c(C)n(-c3ccccc3)c2C)c1. The molecule has 0 amide bonds. The second kappa shape index (κ2) is 8.73. The van der Waals surface area contributed by atoms with Crippen LogP contribution in [0.1, 0.15) is 51.4 Å². The smallest absolute Gasteiger partial charge is 0.174 e. The molecule has 0 unspecified atom stereocenters. The first-order valence-corrected chi connectivity index (χ1v) is 12.1. The fraction of sp³-hybridized carbons (Fsp3) is 0.241. The zero-order valence-electron chi connectivity index (χ0n) is 20.3. The van der Waals surface area contributed by atoms with Crippen LogP contribution in [0.2, 0.25) is 0 Å². The number of aromatic nitrogens is 2. The van der Waals surface area contributed by atoms with E-state index >= 15 is 0 Å². The molecule has 4 nitrogen and oxygen atoms in total. The summed E-state index contributed by atoms with van der Waals surface area (Å²) >= 11 is 5.96. The largest absolute Gasteiger partial charge is 0.351 e. The molecule has 0 bridgehead atoms. The molecule has 5 rings (SSSR count). The Labute approximate surface area is 207 Å². The molecule has 1 N–H and O–H groups in total. The normalized spacial score (nSPS) is 17.8. The lowest BCUT2D eigenvalue weighted by Crippen LogP contribution is -2.30. The Balaban J connectivity index is 1.75. The Morgan fingerprint density at radius 1 is 0.794 bits per heavy atom. The molecule has 2 aromatic carbocycles. The molecule has 172 valence electrons. The van der Waals surface area contributed by atoms with Crippen LogP contribution in [0.25, 0.3) is 5.69 Å². The Bertz CT molecular complexity index is 1340. The van der Waals surface area contributed by atoms with Crippen molar-refractivity contribution in [3.05, 3.63) is 112 Å². The van der Waals surface area contributed by atoms with Gasteiger partial charge in [0, 0.05) is 34.5 Å². The van der Waals surface area contributed by atoms with Gasteiger partial charge in [-0.1, -0.05) is 30.3 Å². The molecular weight excluding hydrogens is 436 g/mol. The van der Waals surface area contributed by atoms with Gasteiger partial charge in [-0.3, -0.25) is 4.98 Å². The number of nitrogens with one attached hydrogen (secondary N) is 1. The van der Waals surface area contributed by atoms with Gasteiger partial charge in [0.15, 0.2) is 5.11 Å². The fourth-order valence-corrected chi connectivity index (χ4v) is 5.77. The van der Waals surface area contributed by atoms with Crippen molar-refractivity contribution in [3.8, 4) is 5.69 Å². The molecule has 1 aliphatic rings. The summed E-state index contributed by atoms with van der Waals surface area (Å²) in [4.78, 5) is 7.02. The summed E-state index contributed by atoms with van der Waals surface area (Å²) in [5.74, 6) is 0. The second-order valence-electron chi connectivity index (χ2n) is 9.22. The van der Waals surface area contributed by atoms with E-state index in [1.807, 2.05) is 18.3 Å². The van der Waals surface area contributed by atoms with E-state index in [9.17, 15) is 0 Å². The van der Waals surface area contributed by atoms with Gasteiger partial charge in [0.1, 0.15) is 0 Å². The molecule has 2 atom stereocenters. The van der Waals surface area contributed by atoms with Gasteiger partial charge in [-0.15, -0.1) is 0 Å². The number of aryl methyl sites for hydroxylation is 2. The molecule has 3 heterocycles. The lowest BCUT2D eigenvalue weighted by molar-refractivity contribution is 0.563. The maximum absolute atomic E-state index is 5.96. The topological polar surface area (TPSA) is 33.1 Å². The monoisotopic (exact) mass is 466 g/mol. The Hall–Kier alpha value is -3.44. The summed E-state index contributed by atoms with van der Waals surface area (Å²) in [5.41, 5.74) is 10.8. The molecular formula is C29H30N4S. The lowest BCUT2D eigenvalue weighted by Gasteiger charge is -2.29. The van der Waals surface area contributed by atoms with Gasteiger partial charge < -0.3 is 14.8 Å². The van der Waals surface area contributed by atoms with Crippen molar-refractivity contribution < 1.29 is 0 Å². The molecule has 34 heavy (non-hydrogen) atoms. The molecule has 2 aromatic heterocycles. The Morgan fingerprint density at radius 3 is 2.12 bits per heavy atom. The zero-order valence-corrected chi connectivity index (χ0v) is 21.1. The quantitative estimate of drug-likeness (QED) is 0.344.